The minimum Gasteiger partial charge on any atom is -0.496 e. The maximum atomic E-state index is 13.6. The van der Waals surface area contributed by atoms with Gasteiger partial charge in [-0.2, -0.15) is 0 Å². The zero-order chi connectivity index (χ0) is 27.3. The fraction of sp³-hybridized carbons (Fsp3) is 0.406. The van der Waals surface area contributed by atoms with E-state index in [4.69, 9.17) is 16.3 Å². The first-order valence-corrected chi connectivity index (χ1v) is 13.8. The zero-order valence-corrected chi connectivity index (χ0v) is 23.5. The standard InChI is InChI=1S/C32H38ClFN2O2/c1-32(2,3)36-24-13-11-21(12-14-24)7-5-9-26(37)17-23-18-27-22(19-31(23)38-4)8-6-10-30(27)35-25-15-16-29(34)28(33)20-25/h5-6,8-10,15-16,18-21,24,35-36H,7,11-14,17H2,1-4H3/b9-5+. The molecule has 0 atom stereocenters. The molecule has 3 aromatic rings. The van der Waals surface area contributed by atoms with Gasteiger partial charge in [0, 0.05) is 40.3 Å². The number of nitrogens with one attached hydrogen (secondary N) is 2. The third-order valence-corrected chi connectivity index (χ3v) is 7.39. The molecule has 0 saturated heterocycles. The quantitative estimate of drug-likeness (QED) is 0.270. The lowest BCUT2D eigenvalue weighted by Gasteiger charge is -2.34. The summed E-state index contributed by atoms with van der Waals surface area (Å²) in [5.74, 6) is 0.923. The fourth-order valence-electron chi connectivity index (χ4n) is 5.31. The molecular formula is C32H38ClFN2O2. The van der Waals surface area contributed by atoms with Gasteiger partial charge in [0.2, 0.25) is 0 Å². The van der Waals surface area contributed by atoms with Crippen molar-refractivity contribution in [3.05, 3.63) is 77.1 Å². The molecule has 1 saturated carbocycles. The number of hydrogen-bond acceptors (Lipinski definition) is 4. The van der Waals surface area contributed by atoms with Gasteiger partial charge in [-0.3, -0.25) is 4.79 Å². The Morgan fingerprint density at radius 3 is 2.55 bits per heavy atom. The van der Waals surface area contributed by atoms with E-state index in [0.717, 1.165) is 28.4 Å². The van der Waals surface area contributed by atoms with Crippen molar-refractivity contribution < 1.29 is 13.9 Å². The predicted molar refractivity (Wildman–Crippen MR) is 156 cm³/mol. The normalized spacial score (nSPS) is 18.2. The molecule has 0 spiro atoms. The Balaban J connectivity index is 1.42. The Labute approximate surface area is 230 Å². The second-order valence-corrected chi connectivity index (χ2v) is 11.7. The maximum absolute atomic E-state index is 13.6. The highest BCUT2D eigenvalue weighted by Gasteiger charge is 2.23. The van der Waals surface area contributed by atoms with E-state index < -0.39 is 5.82 Å². The highest BCUT2D eigenvalue weighted by Crippen LogP contribution is 2.33. The van der Waals surface area contributed by atoms with E-state index in [1.807, 2.05) is 36.4 Å². The van der Waals surface area contributed by atoms with Crippen molar-refractivity contribution in [1.29, 1.82) is 0 Å². The SMILES string of the molecule is COc1cc2cccc(Nc3ccc(F)c(Cl)c3)c2cc1CC(=O)/C=C/CC1CCC(NC(C)(C)C)CC1. The van der Waals surface area contributed by atoms with E-state index >= 15 is 0 Å². The smallest absolute Gasteiger partial charge is 0.159 e. The first-order chi connectivity index (χ1) is 18.1. The molecular weight excluding hydrogens is 499 g/mol. The van der Waals surface area contributed by atoms with Gasteiger partial charge in [-0.25, -0.2) is 4.39 Å². The molecule has 202 valence electrons. The lowest BCUT2D eigenvalue weighted by Crippen LogP contribution is -2.45. The van der Waals surface area contributed by atoms with E-state index in [-0.39, 0.29) is 22.8 Å². The summed E-state index contributed by atoms with van der Waals surface area (Å²) in [4.78, 5) is 12.9. The van der Waals surface area contributed by atoms with Gasteiger partial charge in [0.25, 0.3) is 0 Å². The lowest BCUT2D eigenvalue weighted by molar-refractivity contribution is -0.114. The molecule has 0 heterocycles. The van der Waals surface area contributed by atoms with Crippen molar-refractivity contribution in [2.45, 2.75) is 70.9 Å². The highest BCUT2D eigenvalue weighted by atomic mass is 35.5. The van der Waals surface area contributed by atoms with E-state index in [1.165, 1.54) is 31.7 Å². The molecule has 38 heavy (non-hydrogen) atoms. The number of anilines is 2. The number of ketones is 1. The van der Waals surface area contributed by atoms with Crippen LogP contribution in [0.4, 0.5) is 15.8 Å². The average molecular weight is 537 g/mol. The predicted octanol–water partition coefficient (Wildman–Crippen LogP) is 8.39. The number of fused-ring (bicyclic) bond motifs is 1. The van der Waals surface area contributed by atoms with Crippen molar-refractivity contribution in [1.82, 2.24) is 5.32 Å². The molecule has 4 nitrogen and oxygen atoms in total. The number of carbonyl (C=O) groups is 1. The third-order valence-electron chi connectivity index (χ3n) is 7.10. The summed E-state index contributed by atoms with van der Waals surface area (Å²) in [6, 6.07) is 15.0. The largest absolute Gasteiger partial charge is 0.496 e. The van der Waals surface area contributed by atoms with Crippen LogP contribution in [0.5, 0.6) is 5.75 Å². The van der Waals surface area contributed by atoms with Gasteiger partial charge in [0.1, 0.15) is 11.6 Å². The lowest BCUT2D eigenvalue weighted by atomic mass is 9.83. The van der Waals surface area contributed by atoms with Crippen molar-refractivity contribution >= 4 is 39.5 Å². The molecule has 0 unspecified atom stereocenters. The molecule has 1 aliphatic rings. The Morgan fingerprint density at radius 2 is 1.87 bits per heavy atom. The molecule has 6 heteroatoms. The Morgan fingerprint density at radius 1 is 1.11 bits per heavy atom. The van der Waals surface area contributed by atoms with Crippen LogP contribution in [0.2, 0.25) is 5.02 Å². The molecule has 2 N–H and O–H groups in total. The Bertz CT molecular complexity index is 1310. The first-order valence-electron chi connectivity index (χ1n) is 13.4. The highest BCUT2D eigenvalue weighted by molar-refractivity contribution is 6.31. The van der Waals surface area contributed by atoms with Gasteiger partial charge in [0.05, 0.1) is 12.1 Å². The van der Waals surface area contributed by atoms with Gasteiger partial charge >= 0.3 is 0 Å². The average Bonchev–Trinajstić information content (AvgIpc) is 2.86. The number of halogens is 2. The number of ether oxygens (including phenoxy) is 1. The van der Waals surface area contributed by atoms with Crippen molar-refractivity contribution in [2.24, 2.45) is 5.92 Å². The number of allylic oxidation sites excluding steroid dienone is 2. The van der Waals surface area contributed by atoms with Crippen LogP contribution in [0.3, 0.4) is 0 Å². The van der Waals surface area contributed by atoms with Crippen LogP contribution in [0.1, 0.15) is 58.4 Å². The summed E-state index contributed by atoms with van der Waals surface area (Å²) in [6.45, 7) is 6.66. The van der Waals surface area contributed by atoms with Crippen LogP contribution in [-0.2, 0) is 11.2 Å². The van der Waals surface area contributed by atoms with Crippen LogP contribution in [0, 0.1) is 11.7 Å². The molecule has 0 aliphatic heterocycles. The van der Waals surface area contributed by atoms with Crippen LogP contribution >= 0.6 is 11.6 Å². The van der Waals surface area contributed by atoms with E-state index in [9.17, 15) is 9.18 Å². The molecule has 1 aliphatic carbocycles. The number of methoxy groups -OCH3 is 1. The molecule has 1 fully saturated rings. The van der Waals surface area contributed by atoms with Crippen LogP contribution < -0.4 is 15.4 Å². The summed E-state index contributed by atoms with van der Waals surface area (Å²) < 4.78 is 19.2. The Hall–Kier alpha value is -2.89. The molecule has 0 aromatic heterocycles. The van der Waals surface area contributed by atoms with E-state index in [0.29, 0.717) is 23.4 Å². The third kappa shape index (κ3) is 7.58. The molecule has 0 radical (unpaired) electrons. The topological polar surface area (TPSA) is 50.4 Å². The minimum atomic E-state index is -0.459. The number of rotatable bonds is 9. The number of carbonyl (C=O) groups excluding carboxylic acids is 1. The van der Waals surface area contributed by atoms with Crippen LogP contribution in [-0.4, -0.2) is 24.5 Å². The summed E-state index contributed by atoms with van der Waals surface area (Å²) >= 11 is 5.96. The summed E-state index contributed by atoms with van der Waals surface area (Å²) in [6.07, 6.45) is 9.75. The zero-order valence-electron chi connectivity index (χ0n) is 22.7. The Kier molecular flexibility index (Phi) is 9.11. The molecule has 0 amide bonds. The number of benzene rings is 3. The van der Waals surface area contributed by atoms with Gasteiger partial charge in [-0.05, 0) is 107 Å². The first kappa shape index (κ1) is 28.1. The van der Waals surface area contributed by atoms with Crippen molar-refractivity contribution in [3.8, 4) is 5.75 Å². The van der Waals surface area contributed by atoms with Crippen molar-refractivity contribution in [3.63, 3.8) is 0 Å². The van der Waals surface area contributed by atoms with Gasteiger partial charge in [-0.15, -0.1) is 0 Å². The van der Waals surface area contributed by atoms with Crippen molar-refractivity contribution in [2.75, 3.05) is 12.4 Å². The van der Waals surface area contributed by atoms with Crippen LogP contribution in [0.15, 0.2) is 60.7 Å². The molecule has 0 bridgehead atoms. The minimum absolute atomic E-state index is 0.0569. The second kappa shape index (κ2) is 12.3. The van der Waals surface area contributed by atoms with Gasteiger partial charge < -0.3 is 15.4 Å². The summed E-state index contributed by atoms with van der Waals surface area (Å²) in [5, 5.41) is 9.02. The molecule has 3 aromatic carbocycles. The van der Waals surface area contributed by atoms with Gasteiger partial charge in [-0.1, -0.05) is 29.8 Å². The van der Waals surface area contributed by atoms with Gasteiger partial charge in [0.15, 0.2) is 5.78 Å². The maximum Gasteiger partial charge on any atom is 0.159 e. The summed E-state index contributed by atoms with van der Waals surface area (Å²) in [7, 11) is 1.62. The fourth-order valence-corrected chi connectivity index (χ4v) is 5.49. The summed E-state index contributed by atoms with van der Waals surface area (Å²) in [5.41, 5.74) is 2.51. The molecule has 4 rings (SSSR count). The van der Waals surface area contributed by atoms with E-state index in [2.05, 4.69) is 31.4 Å². The van der Waals surface area contributed by atoms with Crippen LogP contribution in [0.25, 0.3) is 10.8 Å². The number of hydrogen-bond donors (Lipinski definition) is 2. The second-order valence-electron chi connectivity index (χ2n) is 11.3. The van der Waals surface area contributed by atoms with E-state index in [1.54, 1.807) is 25.3 Å². The monoisotopic (exact) mass is 536 g/mol.